The number of halogens is 2. The summed E-state index contributed by atoms with van der Waals surface area (Å²) in [6, 6.07) is 0. The maximum absolute atomic E-state index is 14.2. The Hall–Kier alpha value is -0.400. The summed E-state index contributed by atoms with van der Waals surface area (Å²) in [6.07, 6.45) is 12.1. The SMILES string of the molecule is C=CC1CCC(C2CCC(C3CCCC(F)C3F)CC2)CC1. The summed E-state index contributed by atoms with van der Waals surface area (Å²) in [4.78, 5) is 0. The van der Waals surface area contributed by atoms with Crippen LogP contribution in [-0.4, -0.2) is 12.3 Å². The third-order valence-electron chi connectivity index (χ3n) is 7.01. The first-order chi connectivity index (χ1) is 10.7. The second-order valence-corrected chi connectivity index (χ2v) is 8.14. The fourth-order valence-corrected chi connectivity index (χ4v) is 5.53. The van der Waals surface area contributed by atoms with Gasteiger partial charge in [0.2, 0.25) is 0 Å². The van der Waals surface area contributed by atoms with Gasteiger partial charge in [0, 0.05) is 0 Å². The number of rotatable bonds is 3. The fourth-order valence-electron chi connectivity index (χ4n) is 5.53. The van der Waals surface area contributed by atoms with Gasteiger partial charge in [-0.3, -0.25) is 0 Å². The van der Waals surface area contributed by atoms with Crippen LogP contribution < -0.4 is 0 Å². The smallest absolute Gasteiger partial charge is 0.134 e. The van der Waals surface area contributed by atoms with Gasteiger partial charge < -0.3 is 0 Å². The van der Waals surface area contributed by atoms with Crippen LogP contribution in [0, 0.1) is 29.6 Å². The molecule has 0 aromatic carbocycles. The highest BCUT2D eigenvalue weighted by Gasteiger charge is 2.40. The second-order valence-electron chi connectivity index (χ2n) is 8.14. The van der Waals surface area contributed by atoms with Gasteiger partial charge in [-0.1, -0.05) is 12.5 Å². The van der Waals surface area contributed by atoms with Crippen LogP contribution in [0.2, 0.25) is 0 Å². The molecule has 0 aliphatic heterocycles. The quantitative estimate of drug-likeness (QED) is 0.539. The first kappa shape index (κ1) is 16.5. The van der Waals surface area contributed by atoms with Crippen LogP contribution in [0.3, 0.4) is 0 Å². The Morgan fingerprint density at radius 3 is 1.82 bits per heavy atom. The van der Waals surface area contributed by atoms with Gasteiger partial charge in [-0.15, -0.1) is 6.58 Å². The standard InChI is InChI=1S/C20H32F2/c1-2-14-6-8-15(9-7-14)16-10-12-17(13-11-16)18-4-3-5-19(21)20(18)22/h2,14-20H,1,3-13H2. The summed E-state index contributed by atoms with van der Waals surface area (Å²) in [5.74, 6) is 2.95. The molecule has 3 aliphatic carbocycles. The van der Waals surface area contributed by atoms with Gasteiger partial charge in [0.25, 0.3) is 0 Å². The van der Waals surface area contributed by atoms with Crippen LogP contribution in [-0.2, 0) is 0 Å². The molecule has 3 fully saturated rings. The summed E-state index contributed by atoms with van der Waals surface area (Å²) in [7, 11) is 0. The van der Waals surface area contributed by atoms with Crippen LogP contribution in [0.25, 0.3) is 0 Å². The molecular weight excluding hydrogens is 278 g/mol. The summed E-state index contributed by atoms with van der Waals surface area (Å²) < 4.78 is 27.8. The zero-order valence-corrected chi connectivity index (χ0v) is 13.9. The molecule has 3 atom stereocenters. The molecule has 3 saturated carbocycles. The van der Waals surface area contributed by atoms with Gasteiger partial charge in [0.05, 0.1) is 0 Å². The van der Waals surface area contributed by atoms with Crippen LogP contribution in [0.15, 0.2) is 12.7 Å². The van der Waals surface area contributed by atoms with Crippen molar-refractivity contribution >= 4 is 0 Å². The average molecular weight is 310 g/mol. The first-order valence-corrected chi connectivity index (χ1v) is 9.59. The fraction of sp³-hybridized carbons (Fsp3) is 0.900. The molecule has 0 radical (unpaired) electrons. The van der Waals surface area contributed by atoms with Crippen molar-refractivity contribution < 1.29 is 8.78 Å². The van der Waals surface area contributed by atoms with Gasteiger partial charge in [0.15, 0.2) is 0 Å². The predicted molar refractivity (Wildman–Crippen MR) is 88.2 cm³/mol. The van der Waals surface area contributed by atoms with E-state index in [0.717, 1.165) is 43.4 Å². The molecule has 0 nitrogen and oxygen atoms in total. The number of hydrogen-bond donors (Lipinski definition) is 0. The molecule has 22 heavy (non-hydrogen) atoms. The third kappa shape index (κ3) is 3.57. The zero-order valence-electron chi connectivity index (χ0n) is 13.9. The van der Waals surface area contributed by atoms with E-state index in [9.17, 15) is 8.78 Å². The third-order valence-corrected chi connectivity index (χ3v) is 7.01. The Bertz CT molecular complexity index is 351. The minimum absolute atomic E-state index is 0.0150. The maximum atomic E-state index is 14.2. The highest BCUT2D eigenvalue weighted by molar-refractivity contribution is 4.91. The Kier molecular flexibility index (Phi) is 5.57. The number of allylic oxidation sites excluding steroid dienone is 1. The van der Waals surface area contributed by atoms with Crippen molar-refractivity contribution in [1.82, 2.24) is 0 Å². The highest BCUT2D eigenvalue weighted by atomic mass is 19.2. The lowest BCUT2D eigenvalue weighted by Gasteiger charge is -2.41. The molecule has 2 heteroatoms. The summed E-state index contributed by atoms with van der Waals surface area (Å²) in [6.45, 7) is 3.93. The molecule has 3 unspecified atom stereocenters. The van der Waals surface area contributed by atoms with Crippen molar-refractivity contribution in [3.8, 4) is 0 Å². The molecule has 0 heterocycles. The van der Waals surface area contributed by atoms with Crippen LogP contribution in [0.5, 0.6) is 0 Å². The largest absolute Gasteiger partial charge is 0.244 e. The van der Waals surface area contributed by atoms with E-state index >= 15 is 0 Å². The Labute approximate surface area is 134 Å². The van der Waals surface area contributed by atoms with Crippen molar-refractivity contribution in [1.29, 1.82) is 0 Å². The van der Waals surface area contributed by atoms with Crippen molar-refractivity contribution in [2.24, 2.45) is 29.6 Å². The molecular formula is C20H32F2. The van der Waals surface area contributed by atoms with Crippen LogP contribution >= 0.6 is 0 Å². The van der Waals surface area contributed by atoms with Gasteiger partial charge in [-0.2, -0.15) is 0 Å². The molecule has 0 N–H and O–H groups in total. The van der Waals surface area contributed by atoms with E-state index in [1.54, 1.807) is 0 Å². The molecule has 3 aliphatic rings. The normalized spacial score (nSPS) is 47.1. The molecule has 0 amide bonds. The highest BCUT2D eigenvalue weighted by Crippen LogP contribution is 2.46. The van der Waals surface area contributed by atoms with Gasteiger partial charge in [-0.05, 0) is 93.8 Å². The topological polar surface area (TPSA) is 0 Å². The average Bonchev–Trinajstić information content (AvgIpc) is 2.58. The Morgan fingerprint density at radius 2 is 1.23 bits per heavy atom. The minimum atomic E-state index is -1.19. The van der Waals surface area contributed by atoms with Crippen molar-refractivity contribution in [3.05, 3.63) is 12.7 Å². The van der Waals surface area contributed by atoms with Gasteiger partial charge >= 0.3 is 0 Å². The Balaban J connectivity index is 1.47. The number of alkyl halides is 2. The van der Waals surface area contributed by atoms with E-state index in [4.69, 9.17) is 0 Å². The van der Waals surface area contributed by atoms with E-state index in [0.29, 0.717) is 12.3 Å². The molecule has 0 aromatic rings. The van der Waals surface area contributed by atoms with E-state index < -0.39 is 12.3 Å². The minimum Gasteiger partial charge on any atom is -0.244 e. The zero-order chi connectivity index (χ0) is 15.5. The lowest BCUT2D eigenvalue weighted by atomic mass is 9.65. The van der Waals surface area contributed by atoms with E-state index in [1.165, 1.54) is 38.5 Å². The summed E-state index contributed by atoms with van der Waals surface area (Å²) in [5, 5.41) is 0. The van der Waals surface area contributed by atoms with Crippen LogP contribution in [0.4, 0.5) is 8.78 Å². The molecule has 3 rings (SSSR count). The second kappa shape index (κ2) is 7.45. The molecule has 126 valence electrons. The van der Waals surface area contributed by atoms with Gasteiger partial charge in [-0.25, -0.2) is 8.78 Å². The van der Waals surface area contributed by atoms with E-state index in [2.05, 4.69) is 12.7 Å². The molecule has 0 bridgehead atoms. The van der Waals surface area contributed by atoms with E-state index in [1.807, 2.05) is 0 Å². The maximum Gasteiger partial charge on any atom is 0.134 e. The Morgan fingerprint density at radius 1 is 0.682 bits per heavy atom. The monoisotopic (exact) mass is 310 g/mol. The van der Waals surface area contributed by atoms with Crippen molar-refractivity contribution in [2.75, 3.05) is 0 Å². The van der Waals surface area contributed by atoms with Crippen molar-refractivity contribution in [3.63, 3.8) is 0 Å². The van der Waals surface area contributed by atoms with Crippen LogP contribution in [0.1, 0.15) is 70.6 Å². The van der Waals surface area contributed by atoms with Gasteiger partial charge in [0.1, 0.15) is 12.3 Å². The molecule has 0 spiro atoms. The summed E-state index contributed by atoms with van der Waals surface area (Å²) >= 11 is 0. The molecule has 0 aromatic heterocycles. The van der Waals surface area contributed by atoms with E-state index in [-0.39, 0.29) is 5.92 Å². The lowest BCUT2D eigenvalue weighted by Crippen LogP contribution is -2.38. The predicted octanol–water partition coefficient (Wildman–Crippen LogP) is 6.26. The van der Waals surface area contributed by atoms with Crippen molar-refractivity contribution in [2.45, 2.75) is 83.0 Å². The molecule has 0 saturated heterocycles. The lowest BCUT2D eigenvalue weighted by molar-refractivity contribution is 0.0159. The first-order valence-electron chi connectivity index (χ1n) is 9.59. The number of hydrogen-bond acceptors (Lipinski definition) is 0. The summed E-state index contributed by atoms with van der Waals surface area (Å²) in [5.41, 5.74) is 0.